The molecular formula is C9H18N4O. The van der Waals surface area contributed by atoms with Gasteiger partial charge in [-0.2, -0.15) is 4.80 Å². The fraction of sp³-hybridized carbons (Fsp3) is 0.889. The maximum absolute atomic E-state index is 9.73. The molecule has 0 radical (unpaired) electrons. The van der Waals surface area contributed by atoms with Gasteiger partial charge < -0.3 is 5.11 Å². The summed E-state index contributed by atoms with van der Waals surface area (Å²) in [7, 11) is 1.71. The lowest BCUT2D eigenvalue weighted by molar-refractivity contribution is 0.119. The van der Waals surface area contributed by atoms with Gasteiger partial charge in [-0.3, -0.25) is 0 Å². The van der Waals surface area contributed by atoms with Gasteiger partial charge in [0.1, 0.15) is 0 Å². The minimum Gasteiger partial charge on any atom is -0.393 e. The summed E-state index contributed by atoms with van der Waals surface area (Å²) in [6.07, 6.45) is 0.829. The average molecular weight is 198 g/mol. The summed E-state index contributed by atoms with van der Waals surface area (Å²) in [5.74, 6) is 0.601. The third-order valence-corrected chi connectivity index (χ3v) is 1.82. The highest BCUT2D eigenvalue weighted by Gasteiger charge is 2.18. The van der Waals surface area contributed by atoms with Crippen molar-refractivity contribution >= 4 is 0 Å². The van der Waals surface area contributed by atoms with Gasteiger partial charge in [0.15, 0.2) is 5.82 Å². The van der Waals surface area contributed by atoms with Crippen LogP contribution in [0.15, 0.2) is 0 Å². The summed E-state index contributed by atoms with van der Waals surface area (Å²) < 4.78 is 0. The molecule has 1 aromatic heterocycles. The van der Waals surface area contributed by atoms with E-state index in [2.05, 4.69) is 36.2 Å². The van der Waals surface area contributed by atoms with Crippen molar-refractivity contribution in [2.24, 2.45) is 12.5 Å². The fourth-order valence-electron chi connectivity index (χ4n) is 1.39. The summed E-state index contributed by atoms with van der Waals surface area (Å²) in [6, 6.07) is 0. The molecule has 0 aliphatic carbocycles. The zero-order valence-electron chi connectivity index (χ0n) is 9.23. The molecule has 0 amide bonds. The zero-order chi connectivity index (χ0) is 10.8. The Labute approximate surface area is 84.1 Å². The average Bonchev–Trinajstić information content (AvgIpc) is 2.30. The number of aliphatic hydroxyl groups excluding tert-OH is 1. The minimum atomic E-state index is -0.390. The van der Waals surface area contributed by atoms with Gasteiger partial charge >= 0.3 is 0 Å². The van der Waals surface area contributed by atoms with E-state index in [-0.39, 0.29) is 11.5 Å². The van der Waals surface area contributed by atoms with E-state index in [1.54, 1.807) is 7.05 Å². The van der Waals surface area contributed by atoms with Crippen molar-refractivity contribution in [3.05, 3.63) is 5.82 Å². The Hall–Kier alpha value is -0.970. The van der Waals surface area contributed by atoms with Gasteiger partial charge in [0.2, 0.25) is 0 Å². The Morgan fingerprint density at radius 3 is 2.50 bits per heavy atom. The second-order valence-corrected chi connectivity index (χ2v) is 4.82. The van der Waals surface area contributed by atoms with E-state index in [9.17, 15) is 5.11 Å². The van der Waals surface area contributed by atoms with Gasteiger partial charge in [-0.15, -0.1) is 10.2 Å². The number of aromatic nitrogens is 4. The number of nitrogens with zero attached hydrogens (tertiary/aromatic N) is 4. The van der Waals surface area contributed by atoms with Gasteiger partial charge in [0.25, 0.3) is 0 Å². The highest BCUT2D eigenvalue weighted by atomic mass is 16.3. The molecule has 1 unspecified atom stereocenters. The molecule has 0 fully saturated rings. The normalized spacial score (nSPS) is 14.4. The van der Waals surface area contributed by atoms with E-state index in [1.807, 2.05) is 0 Å². The van der Waals surface area contributed by atoms with E-state index in [0.717, 1.165) is 6.42 Å². The van der Waals surface area contributed by atoms with Gasteiger partial charge in [-0.25, -0.2) is 0 Å². The molecule has 1 N–H and O–H groups in total. The molecule has 0 aromatic carbocycles. The molecule has 1 atom stereocenters. The maximum atomic E-state index is 9.73. The van der Waals surface area contributed by atoms with Gasteiger partial charge in [0.05, 0.1) is 13.2 Å². The SMILES string of the molecule is Cn1nnc(CC(O)CC(C)(C)C)n1. The molecule has 80 valence electrons. The lowest BCUT2D eigenvalue weighted by Crippen LogP contribution is -2.20. The Morgan fingerprint density at radius 2 is 2.07 bits per heavy atom. The highest BCUT2D eigenvalue weighted by Crippen LogP contribution is 2.21. The van der Waals surface area contributed by atoms with Crippen LogP contribution in [0.3, 0.4) is 0 Å². The number of tetrazole rings is 1. The van der Waals surface area contributed by atoms with Crippen LogP contribution in [-0.4, -0.2) is 31.4 Å². The molecule has 5 nitrogen and oxygen atoms in total. The zero-order valence-corrected chi connectivity index (χ0v) is 9.23. The third kappa shape index (κ3) is 3.83. The largest absolute Gasteiger partial charge is 0.393 e. The van der Waals surface area contributed by atoms with Crippen molar-refractivity contribution in [1.29, 1.82) is 0 Å². The van der Waals surface area contributed by atoms with E-state index in [1.165, 1.54) is 4.80 Å². The lowest BCUT2D eigenvalue weighted by Gasteiger charge is -2.21. The molecular weight excluding hydrogens is 180 g/mol. The Morgan fingerprint density at radius 1 is 1.43 bits per heavy atom. The van der Waals surface area contributed by atoms with Crippen LogP contribution in [0.25, 0.3) is 0 Å². The first-order valence-corrected chi connectivity index (χ1v) is 4.78. The number of aryl methyl sites for hydroxylation is 1. The van der Waals surface area contributed by atoms with Gasteiger partial charge in [-0.1, -0.05) is 20.8 Å². The Kier molecular flexibility index (Phi) is 3.21. The first-order chi connectivity index (χ1) is 6.37. The van der Waals surface area contributed by atoms with Crippen LogP contribution in [-0.2, 0) is 13.5 Å². The number of hydrogen-bond donors (Lipinski definition) is 1. The van der Waals surface area contributed by atoms with Crippen LogP contribution in [0.1, 0.15) is 33.0 Å². The van der Waals surface area contributed by atoms with Crippen LogP contribution < -0.4 is 0 Å². The van der Waals surface area contributed by atoms with Crippen molar-refractivity contribution in [3.63, 3.8) is 0 Å². The number of aliphatic hydroxyl groups is 1. The minimum absolute atomic E-state index is 0.127. The molecule has 14 heavy (non-hydrogen) atoms. The first kappa shape index (κ1) is 11.1. The first-order valence-electron chi connectivity index (χ1n) is 4.78. The van der Waals surface area contributed by atoms with Crippen molar-refractivity contribution in [2.45, 2.75) is 39.7 Å². The maximum Gasteiger partial charge on any atom is 0.177 e. The van der Waals surface area contributed by atoms with Crippen LogP contribution in [0.2, 0.25) is 0 Å². The fourth-order valence-corrected chi connectivity index (χ4v) is 1.39. The van der Waals surface area contributed by atoms with E-state index in [4.69, 9.17) is 0 Å². The smallest absolute Gasteiger partial charge is 0.177 e. The molecule has 0 aliphatic heterocycles. The second-order valence-electron chi connectivity index (χ2n) is 4.82. The quantitative estimate of drug-likeness (QED) is 0.770. The van der Waals surface area contributed by atoms with Gasteiger partial charge in [0, 0.05) is 6.42 Å². The highest BCUT2D eigenvalue weighted by molar-refractivity contribution is 4.82. The van der Waals surface area contributed by atoms with Crippen LogP contribution in [0.4, 0.5) is 0 Å². The summed E-state index contributed by atoms with van der Waals surface area (Å²) >= 11 is 0. The lowest BCUT2D eigenvalue weighted by atomic mass is 9.88. The van der Waals surface area contributed by atoms with Crippen molar-refractivity contribution in [2.75, 3.05) is 0 Å². The van der Waals surface area contributed by atoms with E-state index >= 15 is 0 Å². The number of hydrogen-bond acceptors (Lipinski definition) is 4. The predicted octanol–water partition coefficient (Wildman–Crippen LogP) is 0.550. The van der Waals surface area contributed by atoms with E-state index in [0.29, 0.717) is 12.2 Å². The molecule has 1 aromatic rings. The molecule has 0 spiro atoms. The standard InChI is InChI=1S/C9H18N4O/c1-9(2,3)6-7(14)5-8-10-12-13(4)11-8/h7,14H,5-6H2,1-4H3. The third-order valence-electron chi connectivity index (χ3n) is 1.82. The van der Waals surface area contributed by atoms with Crippen LogP contribution in [0, 0.1) is 5.41 Å². The van der Waals surface area contributed by atoms with Crippen molar-refractivity contribution in [3.8, 4) is 0 Å². The molecule has 1 heterocycles. The molecule has 5 heteroatoms. The van der Waals surface area contributed by atoms with Crippen LogP contribution in [0.5, 0.6) is 0 Å². The van der Waals surface area contributed by atoms with Crippen LogP contribution >= 0.6 is 0 Å². The van der Waals surface area contributed by atoms with Gasteiger partial charge in [-0.05, 0) is 17.0 Å². The molecule has 0 saturated carbocycles. The van der Waals surface area contributed by atoms with E-state index < -0.39 is 0 Å². The second kappa shape index (κ2) is 4.04. The summed E-state index contributed by atoms with van der Waals surface area (Å²) in [5.41, 5.74) is 0.127. The van der Waals surface area contributed by atoms with Crippen molar-refractivity contribution in [1.82, 2.24) is 20.2 Å². The molecule has 0 aliphatic rings. The van der Waals surface area contributed by atoms with Crippen molar-refractivity contribution < 1.29 is 5.11 Å². The Balaban J connectivity index is 2.45. The Bertz CT molecular complexity index is 289. The molecule has 0 saturated heterocycles. The molecule has 1 rings (SSSR count). The number of rotatable bonds is 3. The summed E-state index contributed by atoms with van der Waals surface area (Å²) in [4.78, 5) is 1.40. The molecule has 0 bridgehead atoms. The predicted molar refractivity (Wildman–Crippen MR) is 52.6 cm³/mol. The summed E-state index contributed by atoms with van der Waals surface area (Å²) in [5, 5.41) is 21.3. The summed E-state index contributed by atoms with van der Waals surface area (Å²) in [6.45, 7) is 6.29. The topological polar surface area (TPSA) is 63.8 Å². The monoisotopic (exact) mass is 198 g/mol.